The number of nitrogens with two attached hydrogens (primary N) is 4. The van der Waals surface area contributed by atoms with E-state index in [4.69, 9.17) is 41.9 Å². The van der Waals surface area contributed by atoms with Crippen molar-refractivity contribution in [2.45, 2.75) is 87.3 Å². The molecule has 0 radical (unpaired) electrons. The Hall–Kier alpha value is -0.900. The highest BCUT2D eigenvalue weighted by Crippen LogP contribution is 2.30. The molecule has 11 atom stereocenters. The minimum absolute atomic E-state index is 0.103. The molecule has 0 aromatic carbocycles. The van der Waals surface area contributed by atoms with Crippen molar-refractivity contribution < 1.29 is 29.2 Å². The number of hydrogen-bond acceptors (Lipinski definition) is 12. The largest absolute Gasteiger partial charge is 0.467 e. The zero-order valence-electron chi connectivity index (χ0n) is 20.2. The van der Waals surface area contributed by atoms with Crippen molar-refractivity contribution in [1.82, 2.24) is 10.6 Å². The molecule has 2 heterocycles. The molecule has 198 valence electrons. The number of aliphatic hydroxyl groups is 2. The number of ether oxygens (including phenoxy) is 4. The van der Waals surface area contributed by atoms with Gasteiger partial charge in [-0.05, 0) is 51.4 Å². The second-order valence-electron chi connectivity index (χ2n) is 9.61. The molecule has 3 rings (SSSR count). The van der Waals surface area contributed by atoms with Crippen molar-refractivity contribution in [3.8, 4) is 0 Å². The van der Waals surface area contributed by atoms with E-state index in [0.717, 1.165) is 18.7 Å². The lowest BCUT2D eigenvalue weighted by atomic mass is 9.84. The van der Waals surface area contributed by atoms with Crippen LogP contribution in [0.15, 0.2) is 11.8 Å². The van der Waals surface area contributed by atoms with Crippen LogP contribution in [0.25, 0.3) is 0 Å². The molecule has 11 unspecified atom stereocenters. The molecule has 0 amide bonds. The smallest absolute Gasteiger partial charge is 0.215 e. The van der Waals surface area contributed by atoms with Gasteiger partial charge in [0.1, 0.15) is 30.2 Å². The summed E-state index contributed by atoms with van der Waals surface area (Å²) < 4.78 is 23.8. The van der Waals surface area contributed by atoms with Crippen LogP contribution in [-0.4, -0.2) is 105 Å². The van der Waals surface area contributed by atoms with E-state index in [0.29, 0.717) is 32.5 Å². The van der Waals surface area contributed by atoms with E-state index in [2.05, 4.69) is 10.6 Å². The number of rotatable bonds is 10. The molecule has 12 nitrogen and oxygen atoms in total. The van der Waals surface area contributed by atoms with Crippen LogP contribution < -0.4 is 33.6 Å². The Balaban J connectivity index is 1.61. The van der Waals surface area contributed by atoms with Gasteiger partial charge in [-0.1, -0.05) is 6.92 Å². The van der Waals surface area contributed by atoms with Crippen molar-refractivity contribution >= 4 is 0 Å². The quantitative estimate of drug-likeness (QED) is 0.145. The van der Waals surface area contributed by atoms with Crippen molar-refractivity contribution in [3.05, 3.63) is 11.8 Å². The third kappa shape index (κ3) is 6.65. The first-order valence-electron chi connectivity index (χ1n) is 12.3. The maximum absolute atomic E-state index is 11.1. The highest BCUT2D eigenvalue weighted by atomic mass is 16.7. The van der Waals surface area contributed by atoms with Gasteiger partial charge in [-0.3, -0.25) is 0 Å². The Morgan fingerprint density at radius 1 is 1.06 bits per heavy atom. The molecule has 2 fully saturated rings. The Bertz CT molecular complexity index is 659. The summed E-state index contributed by atoms with van der Waals surface area (Å²) in [6.45, 7) is 4.31. The van der Waals surface area contributed by atoms with Crippen LogP contribution in [0.3, 0.4) is 0 Å². The second kappa shape index (κ2) is 12.9. The molecule has 0 aromatic heterocycles. The molecule has 12 N–H and O–H groups in total. The minimum atomic E-state index is -1.16. The maximum atomic E-state index is 11.1. The number of hydrogen-bond donors (Lipinski definition) is 8. The fraction of sp³-hybridized carbons (Fsp3) is 0.909. The average molecular weight is 489 g/mol. The third-order valence-corrected chi connectivity index (χ3v) is 6.85. The molecule has 0 bridgehead atoms. The van der Waals surface area contributed by atoms with Gasteiger partial charge in [0.15, 0.2) is 6.29 Å². The van der Waals surface area contributed by atoms with Crippen molar-refractivity contribution in [1.29, 1.82) is 0 Å². The van der Waals surface area contributed by atoms with Gasteiger partial charge in [0.2, 0.25) is 6.29 Å². The van der Waals surface area contributed by atoms with E-state index in [9.17, 15) is 10.2 Å². The lowest BCUT2D eigenvalue weighted by Crippen LogP contribution is -2.66. The molecule has 1 aliphatic carbocycles. The molecule has 0 aromatic rings. The minimum Gasteiger partial charge on any atom is -0.467 e. The zero-order chi connectivity index (χ0) is 24.8. The van der Waals surface area contributed by atoms with Gasteiger partial charge in [0.25, 0.3) is 0 Å². The first kappa shape index (κ1) is 27.7. The number of aliphatic hydroxyl groups excluding tert-OH is 2. The van der Waals surface area contributed by atoms with Crippen LogP contribution in [0.1, 0.15) is 26.2 Å². The Morgan fingerprint density at radius 2 is 1.74 bits per heavy atom. The Labute approximate surface area is 201 Å². The van der Waals surface area contributed by atoms with Crippen LogP contribution in [0.4, 0.5) is 0 Å². The second-order valence-corrected chi connectivity index (χ2v) is 9.61. The Morgan fingerprint density at radius 3 is 2.38 bits per heavy atom. The van der Waals surface area contributed by atoms with Crippen LogP contribution in [-0.2, 0) is 18.9 Å². The molecule has 1 saturated heterocycles. The highest BCUT2D eigenvalue weighted by molar-refractivity contribution is 5.04. The topological polar surface area (TPSA) is 206 Å². The van der Waals surface area contributed by atoms with Gasteiger partial charge < -0.3 is 62.7 Å². The fourth-order valence-electron chi connectivity index (χ4n) is 4.82. The molecular weight excluding hydrogens is 444 g/mol. The summed E-state index contributed by atoms with van der Waals surface area (Å²) in [6, 6.07) is -1.72. The van der Waals surface area contributed by atoms with Gasteiger partial charge in [-0.2, -0.15) is 0 Å². The summed E-state index contributed by atoms with van der Waals surface area (Å²) >= 11 is 0. The summed E-state index contributed by atoms with van der Waals surface area (Å²) in [5.41, 5.74) is 24.3. The average Bonchev–Trinajstić information content (AvgIpc) is 2.80. The molecule has 34 heavy (non-hydrogen) atoms. The molecule has 12 heteroatoms. The summed E-state index contributed by atoms with van der Waals surface area (Å²) in [7, 11) is 1.78. The van der Waals surface area contributed by atoms with Crippen molar-refractivity contribution in [2.75, 3.05) is 33.3 Å². The normalized spacial score (nSPS) is 43.3. The zero-order valence-corrected chi connectivity index (χ0v) is 20.2. The monoisotopic (exact) mass is 488 g/mol. The third-order valence-electron chi connectivity index (χ3n) is 6.85. The summed E-state index contributed by atoms with van der Waals surface area (Å²) in [6.07, 6.45) is -1.72. The van der Waals surface area contributed by atoms with E-state index in [1.54, 1.807) is 7.05 Å². The standard InChI is InChI=1S/C22H44N6O6/c1-11-10-31-22(17(29)16(11)27-2)34-20-15(26)8-14(25)19(18(20)30)33-21-13(24)5-4-12(32-21)9-28-7-3-6-23/h4,11,13-22,27-30H,3,5-10,23-26H2,1-2H3. The molecule has 3 aliphatic rings. The molecule has 2 aliphatic heterocycles. The van der Waals surface area contributed by atoms with Crippen LogP contribution >= 0.6 is 0 Å². The highest BCUT2D eigenvalue weighted by Gasteiger charge is 2.48. The predicted octanol–water partition coefficient (Wildman–Crippen LogP) is -2.99. The number of likely N-dealkylation sites (N-methyl/N-ethyl adjacent to an activating group) is 1. The van der Waals surface area contributed by atoms with E-state index in [-0.39, 0.29) is 12.0 Å². The summed E-state index contributed by atoms with van der Waals surface area (Å²) in [4.78, 5) is 0. The van der Waals surface area contributed by atoms with Gasteiger partial charge >= 0.3 is 0 Å². The van der Waals surface area contributed by atoms with Gasteiger partial charge in [-0.25, -0.2) is 0 Å². The summed E-state index contributed by atoms with van der Waals surface area (Å²) in [5, 5.41) is 28.2. The summed E-state index contributed by atoms with van der Waals surface area (Å²) in [5.74, 6) is 0.823. The van der Waals surface area contributed by atoms with E-state index < -0.39 is 55.1 Å². The first-order valence-corrected chi connectivity index (χ1v) is 12.3. The molecule has 1 saturated carbocycles. The lowest BCUT2D eigenvalue weighted by Gasteiger charge is -2.46. The van der Waals surface area contributed by atoms with E-state index >= 15 is 0 Å². The SMILES string of the molecule is CNC1C(C)COC(OC2C(N)CC(N)C(OC3OC(CNCCCN)=CCC3N)C2O)C1O. The number of nitrogens with one attached hydrogen (secondary N) is 2. The Kier molecular flexibility index (Phi) is 10.5. The van der Waals surface area contributed by atoms with Crippen LogP contribution in [0, 0.1) is 5.92 Å². The van der Waals surface area contributed by atoms with E-state index in [1.807, 2.05) is 13.0 Å². The van der Waals surface area contributed by atoms with Gasteiger partial charge in [-0.15, -0.1) is 0 Å². The van der Waals surface area contributed by atoms with Crippen molar-refractivity contribution in [2.24, 2.45) is 28.9 Å². The van der Waals surface area contributed by atoms with E-state index in [1.165, 1.54) is 0 Å². The van der Waals surface area contributed by atoms with Crippen molar-refractivity contribution in [3.63, 3.8) is 0 Å². The van der Waals surface area contributed by atoms with Crippen LogP contribution in [0.2, 0.25) is 0 Å². The lowest BCUT2D eigenvalue weighted by molar-refractivity contribution is -0.285. The maximum Gasteiger partial charge on any atom is 0.215 e. The molecular formula is C22H44N6O6. The predicted molar refractivity (Wildman–Crippen MR) is 126 cm³/mol. The van der Waals surface area contributed by atoms with Gasteiger partial charge in [0, 0.05) is 18.1 Å². The van der Waals surface area contributed by atoms with Crippen LogP contribution in [0.5, 0.6) is 0 Å². The van der Waals surface area contributed by atoms with Gasteiger partial charge in [0.05, 0.1) is 19.2 Å². The fourth-order valence-corrected chi connectivity index (χ4v) is 4.82. The molecule has 0 spiro atoms. The first-order chi connectivity index (χ1) is 16.3.